The van der Waals surface area contributed by atoms with Crippen LogP contribution in [0, 0.1) is 19.8 Å². The summed E-state index contributed by atoms with van der Waals surface area (Å²) in [5, 5.41) is 3.84. The van der Waals surface area contributed by atoms with E-state index < -0.39 is 17.9 Å². The number of aryl methyl sites for hydroxylation is 2. The smallest absolute Gasteiger partial charge is 0.273 e. The topological polar surface area (TPSA) is 147 Å². The maximum atomic E-state index is 14.2. The molecule has 2 aromatic carbocycles. The van der Waals surface area contributed by atoms with Crippen molar-refractivity contribution in [1.82, 2.24) is 14.7 Å². The number of hydrogen-bond acceptors (Lipinski definition) is 6. The molecule has 0 radical (unpaired) electrons. The number of carbonyl (C=O) groups excluding carboxylic acids is 3. The first-order valence-corrected chi connectivity index (χ1v) is 13.2. The summed E-state index contributed by atoms with van der Waals surface area (Å²) in [6.07, 6.45) is 2.54. The molecule has 10 heteroatoms. The number of nitrogens with two attached hydrogens (primary N) is 2. The maximum absolute atomic E-state index is 14.2. The average molecular weight is 533 g/mol. The molecule has 3 amide bonds. The fourth-order valence-electron chi connectivity index (χ4n) is 4.30. The minimum atomic E-state index is -1.04. The molecule has 0 aliphatic heterocycles. The second-order valence-electron chi connectivity index (χ2n) is 9.75. The second kappa shape index (κ2) is 11.1. The summed E-state index contributed by atoms with van der Waals surface area (Å²) < 4.78 is 4.02. The Balaban J connectivity index is 1.92. The van der Waals surface area contributed by atoms with Crippen LogP contribution in [0.1, 0.15) is 63.2 Å². The number of anilines is 2. The lowest BCUT2D eigenvalue weighted by molar-refractivity contribution is -0.122. The van der Waals surface area contributed by atoms with Crippen molar-refractivity contribution in [2.45, 2.75) is 40.2 Å². The van der Waals surface area contributed by atoms with Gasteiger partial charge in [-0.05, 0) is 67.0 Å². The van der Waals surface area contributed by atoms with Gasteiger partial charge in [-0.25, -0.2) is 0 Å². The molecule has 4 rings (SSSR count). The summed E-state index contributed by atoms with van der Waals surface area (Å²) in [6, 6.07) is 12.1. The van der Waals surface area contributed by atoms with Crippen molar-refractivity contribution >= 4 is 51.5 Å². The van der Waals surface area contributed by atoms with E-state index >= 15 is 0 Å². The zero-order valence-corrected chi connectivity index (χ0v) is 22.7. The van der Waals surface area contributed by atoms with Crippen LogP contribution in [-0.4, -0.2) is 33.6 Å². The Morgan fingerprint density at radius 2 is 1.84 bits per heavy atom. The number of nitrogens with zero attached hydrogens (tertiary/aromatic N) is 2. The molecule has 0 unspecified atom stereocenters. The lowest BCUT2D eigenvalue weighted by atomic mass is 10.00. The van der Waals surface area contributed by atoms with E-state index in [1.807, 2.05) is 50.2 Å². The van der Waals surface area contributed by atoms with E-state index in [1.165, 1.54) is 4.90 Å². The van der Waals surface area contributed by atoms with Crippen LogP contribution in [0.2, 0.25) is 0 Å². The number of benzene rings is 2. The van der Waals surface area contributed by atoms with Crippen LogP contribution in [0.4, 0.5) is 11.4 Å². The van der Waals surface area contributed by atoms with E-state index in [0.717, 1.165) is 40.0 Å². The van der Waals surface area contributed by atoms with Crippen LogP contribution >= 0.6 is 11.5 Å². The monoisotopic (exact) mass is 532 g/mol. The lowest BCUT2D eigenvalue weighted by Gasteiger charge is -2.31. The molecule has 9 nitrogen and oxygen atoms in total. The van der Waals surface area contributed by atoms with Gasteiger partial charge in [-0.15, -0.1) is 0 Å². The Morgan fingerprint density at radius 1 is 1.11 bits per heavy atom. The fourth-order valence-corrected chi connectivity index (χ4v) is 5.04. The number of H-pyrrole nitrogens is 1. The van der Waals surface area contributed by atoms with E-state index in [4.69, 9.17) is 11.5 Å². The Kier molecular flexibility index (Phi) is 7.82. The van der Waals surface area contributed by atoms with Gasteiger partial charge in [0.15, 0.2) is 5.69 Å². The third-order valence-corrected chi connectivity index (χ3v) is 7.44. The molecule has 0 spiro atoms. The van der Waals surface area contributed by atoms with E-state index in [1.54, 1.807) is 12.3 Å². The van der Waals surface area contributed by atoms with Crippen molar-refractivity contribution < 1.29 is 14.4 Å². The number of nitrogens with one attached hydrogen (secondary N) is 2. The van der Waals surface area contributed by atoms with Crippen molar-refractivity contribution in [3.8, 4) is 0 Å². The van der Waals surface area contributed by atoms with Gasteiger partial charge in [0.1, 0.15) is 10.9 Å². The van der Waals surface area contributed by atoms with Crippen LogP contribution in [-0.2, 0) is 4.79 Å². The number of para-hydroxylation sites is 1. The van der Waals surface area contributed by atoms with Crippen molar-refractivity contribution in [2.75, 3.05) is 17.2 Å². The third-order valence-electron chi connectivity index (χ3n) is 6.59. The van der Waals surface area contributed by atoms with Gasteiger partial charge in [-0.2, -0.15) is 4.37 Å². The zero-order valence-electron chi connectivity index (χ0n) is 21.9. The molecular formula is C28H32N6O3S. The van der Waals surface area contributed by atoms with E-state index in [9.17, 15) is 14.4 Å². The molecule has 38 heavy (non-hydrogen) atoms. The van der Waals surface area contributed by atoms with Crippen molar-refractivity contribution in [3.63, 3.8) is 0 Å². The van der Waals surface area contributed by atoms with Crippen molar-refractivity contribution in [1.29, 1.82) is 0 Å². The summed E-state index contributed by atoms with van der Waals surface area (Å²) in [7, 11) is 0. The maximum Gasteiger partial charge on any atom is 0.273 e. The Bertz CT molecular complexity index is 1510. The number of nitrogen functional groups attached to an aromatic ring is 1. The number of fused-ring (bicyclic) bond motifs is 1. The highest BCUT2D eigenvalue weighted by Gasteiger charge is 2.37. The highest BCUT2D eigenvalue weighted by molar-refractivity contribution is 7.09. The molecule has 2 aromatic heterocycles. The molecule has 0 bridgehead atoms. The molecule has 0 fully saturated rings. The van der Waals surface area contributed by atoms with E-state index in [-0.39, 0.29) is 22.2 Å². The molecule has 6 N–H and O–H groups in total. The van der Waals surface area contributed by atoms with Gasteiger partial charge in [0.05, 0.1) is 5.69 Å². The number of primary amides is 1. The quantitative estimate of drug-likeness (QED) is 0.251. The molecule has 198 valence electrons. The standard InChI is InChI=1S/C28H32N6O3S/c1-15(2)11-12-31-27(36)24(20-14-32-21-8-6-5-7-19(20)21)34(18-10-9-16(3)17(4)13-18)28(37)25-22(29)23(26(30)35)33-38-25/h5-10,13-15,24,32H,11-12,29H2,1-4H3,(H2,30,35)(H,31,36)/t24-/m0/s1. The molecule has 1 atom stereocenters. The third kappa shape index (κ3) is 5.26. The largest absolute Gasteiger partial charge is 0.395 e. The Morgan fingerprint density at radius 3 is 2.50 bits per heavy atom. The number of carbonyl (C=O) groups is 3. The molecule has 2 heterocycles. The lowest BCUT2D eigenvalue weighted by Crippen LogP contribution is -2.44. The van der Waals surface area contributed by atoms with Crippen LogP contribution in [0.25, 0.3) is 10.9 Å². The van der Waals surface area contributed by atoms with Gasteiger partial charge in [-0.1, -0.05) is 38.1 Å². The first kappa shape index (κ1) is 26.9. The molecule has 0 aliphatic carbocycles. The zero-order chi connectivity index (χ0) is 27.6. The summed E-state index contributed by atoms with van der Waals surface area (Å²) >= 11 is 0.788. The second-order valence-corrected chi connectivity index (χ2v) is 10.5. The highest BCUT2D eigenvalue weighted by Crippen LogP contribution is 2.36. The predicted octanol–water partition coefficient (Wildman–Crippen LogP) is 4.47. The van der Waals surface area contributed by atoms with Crippen molar-refractivity contribution in [2.24, 2.45) is 11.7 Å². The van der Waals surface area contributed by atoms with Crippen LogP contribution < -0.4 is 21.7 Å². The fraction of sp³-hybridized carbons (Fsp3) is 0.286. The van der Waals surface area contributed by atoms with Gasteiger partial charge in [0, 0.05) is 34.9 Å². The van der Waals surface area contributed by atoms with Crippen LogP contribution in [0.5, 0.6) is 0 Å². The minimum Gasteiger partial charge on any atom is -0.395 e. The summed E-state index contributed by atoms with van der Waals surface area (Å²) in [6.45, 7) is 8.53. The number of aromatic amines is 1. The van der Waals surface area contributed by atoms with E-state index in [0.29, 0.717) is 23.7 Å². The highest BCUT2D eigenvalue weighted by atomic mass is 32.1. The van der Waals surface area contributed by atoms with Gasteiger partial charge in [0.25, 0.3) is 11.8 Å². The Hall–Kier alpha value is -4.18. The first-order chi connectivity index (χ1) is 18.1. The molecule has 4 aromatic rings. The normalized spacial score (nSPS) is 12.0. The van der Waals surface area contributed by atoms with Crippen LogP contribution in [0.15, 0.2) is 48.7 Å². The molecule has 0 aliphatic rings. The minimum absolute atomic E-state index is 0.0387. The predicted molar refractivity (Wildman–Crippen MR) is 151 cm³/mol. The summed E-state index contributed by atoms with van der Waals surface area (Å²) in [5.74, 6) is -1.32. The Labute approximate surface area is 225 Å². The number of amides is 3. The van der Waals surface area contributed by atoms with Gasteiger partial charge in [0.2, 0.25) is 5.91 Å². The summed E-state index contributed by atoms with van der Waals surface area (Å²) in [4.78, 5) is 44.7. The molecule has 0 saturated carbocycles. The SMILES string of the molecule is Cc1ccc(N(C(=O)c2snc(C(N)=O)c2N)[C@H](C(=O)NCCC(C)C)c2c[nH]c3ccccc23)cc1C. The average Bonchev–Trinajstić information content (AvgIpc) is 3.47. The van der Waals surface area contributed by atoms with Crippen molar-refractivity contribution in [3.05, 3.63) is 75.9 Å². The van der Waals surface area contributed by atoms with Crippen LogP contribution in [0.3, 0.4) is 0 Å². The number of aromatic nitrogens is 2. The summed E-state index contributed by atoms with van der Waals surface area (Å²) in [5.41, 5.74) is 15.3. The van der Waals surface area contributed by atoms with E-state index in [2.05, 4.69) is 28.5 Å². The van der Waals surface area contributed by atoms with Gasteiger partial charge >= 0.3 is 0 Å². The molecular weight excluding hydrogens is 500 g/mol. The number of rotatable bonds is 9. The van der Waals surface area contributed by atoms with Gasteiger partial charge in [-0.3, -0.25) is 19.3 Å². The van der Waals surface area contributed by atoms with Gasteiger partial charge < -0.3 is 21.8 Å². The molecule has 0 saturated heterocycles. The first-order valence-electron chi connectivity index (χ1n) is 12.4. The number of hydrogen-bond donors (Lipinski definition) is 4.